The third kappa shape index (κ3) is 9.38. The van der Waals surface area contributed by atoms with Crippen molar-refractivity contribution in [2.75, 3.05) is 13.1 Å². The van der Waals surface area contributed by atoms with Crippen molar-refractivity contribution in [3.8, 4) is 0 Å². The lowest BCUT2D eigenvalue weighted by Gasteiger charge is -2.27. The van der Waals surface area contributed by atoms with Gasteiger partial charge in [-0.05, 0) is 29.6 Å². The van der Waals surface area contributed by atoms with Gasteiger partial charge in [0.15, 0.2) is 5.69 Å². The van der Waals surface area contributed by atoms with E-state index in [0.717, 1.165) is 6.42 Å². The van der Waals surface area contributed by atoms with Gasteiger partial charge in [-0.15, -0.1) is 0 Å². The van der Waals surface area contributed by atoms with Crippen LogP contribution < -0.4 is 5.32 Å². The summed E-state index contributed by atoms with van der Waals surface area (Å²) in [4.78, 5) is 31.1. The molecule has 28 heavy (non-hydrogen) atoms. The van der Waals surface area contributed by atoms with E-state index in [9.17, 15) is 9.59 Å². The summed E-state index contributed by atoms with van der Waals surface area (Å²) in [7, 11) is 0. The second kappa shape index (κ2) is 10.6. The van der Waals surface area contributed by atoms with Gasteiger partial charge in [-0.1, -0.05) is 55.4 Å². The summed E-state index contributed by atoms with van der Waals surface area (Å²) in [6, 6.07) is 0. The average molecular weight is 394 g/mol. The molecule has 1 heterocycles. The normalized spacial score (nSPS) is 13.1. The summed E-state index contributed by atoms with van der Waals surface area (Å²) < 4.78 is 5.47. The zero-order valence-corrected chi connectivity index (χ0v) is 19.0. The van der Waals surface area contributed by atoms with Gasteiger partial charge in [0.25, 0.3) is 5.91 Å². The largest absolute Gasteiger partial charge is 0.446 e. The van der Waals surface area contributed by atoms with Crippen molar-refractivity contribution in [2.45, 2.75) is 74.8 Å². The first-order chi connectivity index (χ1) is 12.9. The van der Waals surface area contributed by atoms with Crippen molar-refractivity contribution >= 4 is 11.8 Å². The molecule has 1 unspecified atom stereocenters. The molecule has 1 aromatic rings. The predicted octanol–water partition coefficient (Wildman–Crippen LogP) is 4.51. The van der Waals surface area contributed by atoms with Gasteiger partial charge < -0.3 is 14.6 Å². The van der Waals surface area contributed by atoms with Crippen LogP contribution in [0.15, 0.2) is 10.7 Å². The summed E-state index contributed by atoms with van der Waals surface area (Å²) in [5, 5.41) is 2.83. The molecule has 0 radical (unpaired) electrons. The van der Waals surface area contributed by atoms with E-state index >= 15 is 0 Å². The van der Waals surface area contributed by atoms with Crippen molar-refractivity contribution in [2.24, 2.45) is 23.2 Å². The molecule has 0 spiro atoms. The second-order valence-electron chi connectivity index (χ2n) is 9.97. The molecule has 0 aliphatic carbocycles. The first-order valence-electron chi connectivity index (χ1n) is 10.4. The lowest BCUT2D eigenvalue weighted by atomic mass is 9.84. The van der Waals surface area contributed by atoms with Crippen molar-refractivity contribution in [1.82, 2.24) is 15.2 Å². The van der Waals surface area contributed by atoms with Crippen LogP contribution in [0.4, 0.5) is 0 Å². The van der Waals surface area contributed by atoms with Crippen molar-refractivity contribution in [3.63, 3.8) is 0 Å². The highest BCUT2D eigenvalue weighted by atomic mass is 16.3. The zero-order valence-electron chi connectivity index (χ0n) is 19.0. The highest BCUT2D eigenvalue weighted by molar-refractivity contribution is 5.91. The molecule has 0 aliphatic heterocycles. The van der Waals surface area contributed by atoms with Gasteiger partial charge >= 0.3 is 0 Å². The SMILES string of the molecule is CC(C)CNC(=O)c1coc(CN(CC(C)C)C(=O)CC(C)CC(C)(C)C)n1. The molecule has 2 amide bonds. The van der Waals surface area contributed by atoms with Crippen LogP contribution in [0.3, 0.4) is 0 Å². The summed E-state index contributed by atoms with van der Waals surface area (Å²) in [6.45, 7) is 18.4. The first kappa shape index (κ1) is 24.2. The van der Waals surface area contributed by atoms with Gasteiger partial charge in [0.05, 0.1) is 6.54 Å². The number of oxazole rings is 1. The van der Waals surface area contributed by atoms with Crippen LogP contribution in [0.2, 0.25) is 0 Å². The maximum atomic E-state index is 12.9. The quantitative estimate of drug-likeness (QED) is 0.635. The molecule has 0 saturated heterocycles. The molecular formula is C22H39N3O3. The van der Waals surface area contributed by atoms with Crippen LogP contribution in [0.1, 0.15) is 84.6 Å². The molecule has 0 aromatic carbocycles. The molecule has 0 saturated carbocycles. The van der Waals surface area contributed by atoms with Crippen molar-refractivity contribution in [1.29, 1.82) is 0 Å². The molecule has 1 rings (SSSR count). The van der Waals surface area contributed by atoms with Gasteiger partial charge in [-0.2, -0.15) is 0 Å². The Morgan fingerprint density at radius 3 is 2.32 bits per heavy atom. The fourth-order valence-corrected chi connectivity index (χ4v) is 3.28. The van der Waals surface area contributed by atoms with Crippen molar-refractivity contribution < 1.29 is 14.0 Å². The van der Waals surface area contributed by atoms with Crippen molar-refractivity contribution in [3.05, 3.63) is 17.8 Å². The van der Waals surface area contributed by atoms with Gasteiger partial charge in [0.2, 0.25) is 11.8 Å². The number of carbonyl (C=O) groups excluding carboxylic acids is 2. The number of hydrogen-bond acceptors (Lipinski definition) is 4. The molecule has 6 nitrogen and oxygen atoms in total. The number of carbonyl (C=O) groups is 2. The van der Waals surface area contributed by atoms with E-state index in [-0.39, 0.29) is 29.5 Å². The maximum absolute atomic E-state index is 12.9. The molecule has 0 bridgehead atoms. The second-order valence-corrected chi connectivity index (χ2v) is 9.97. The molecule has 1 aromatic heterocycles. The summed E-state index contributed by atoms with van der Waals surface area (Å²) in [5.41, 5.74) is 0.456. The Morgan fingerprint density at radius 1 is 1.14 bits per heavy atom. The number of nitrogens with zero attached hydrogens (tertiary/aromatic N) is 2. The first-order valence-corrected chi connectivity index (χ1v) is 10.4. The predicted molar refractivity (Wildman–Crippen MR) is 112 cm³/mol. The van der Waals surface area contributed by atoms with Crippen LogP contribution in [0.25, 0.3) is 0 Å². The van der Waals surface area contributed by atoms with Crippen LogP contribution in [-0.2, 0) is 11.3 Å². The third-order valence-electron chi connectivity index (χ3n) is 4.20. The molecule has 160 valence electrons. The zero-order chi connectivity index (χ0) is 21.5. The molecule has 1 atom stereocenters. The minimum Gasteiger partial charge on any atom is -0.446 e. The van der Waals surface area contributed by atoms with E-state index in [4.69, 9.17) is 4.42 Å². The van der Waals surface area contributed by atoms with E-state index in [1.54, 1.807) is 4.90 Å². The molecule has 1 N–H and O–H groups in total. The smallest absolute Gasteiger partial charge is 0.273 e. The fourth-order valence-electron chi connectivity index (χ4n) is 3.28. The van der Waals surface area contributed by atoms with Gasteiger partial charge in [-0.3, -0.25) is 9.59 Å². The van der Waals surface area contributed by atoms with E-state index in [0.29, 0.717) is 43.2 Å². The molecule has 0 fully saturated rings. The Hall–Kier alpha value is -1.85. The lowest BCUT2D eigenvalue weighted by Crippen LogP contribution is -2.35. The van der Waals surface area contributed by atoms with E-state index in [1.165, 1.54) is 6.26 Å². The number of hydrogen-bond donors (Lipinski definition) is 1. The van der Waals surface area contributed by atoms with Gasteiger partial charge in [-0.25, -0.2) is 4.98 Å². The number of aromatic nitrogens is 1. The highest BCUT2D eigenvalue weighted by Gasteiger charge is 2.23. The minimum absolute atomic E-state index is 0.106. The van der Waals surface area contributed by atoms with Crippen LogP contribution in [0, 0.1) is 23.2 Å². The summed E-state index contributed by atoms with van der Waals surface area (Å²) in [6.07, 6.45) is 2.87. The Balaban J connectivity index is 2.76. The summed E-state index contributed by atoms with van der Waals surface area (Å²) in [5.74, 6) is 1.27. The van der Waals surface area contributed by atoms with E-state index < -0.39 is 0 Å². The number of amides is 2. The number of nitrogens with one attached hydrogen (secondary N) is 1. The summed E-state index contributed by atoms with van der Waals surface area (Å²) >= 11 is 0. The van der Waals surface area contributed by atoms with Crippen LogP contribution >= 0.6 is 0 Å². The fraction of sp³-hybridized carbons (Fsp3) is 0.773. The monoisotopic (exact) mass is 393 g/mol. The molecular weight excluding hydrogens is 354 g/mol. The molecule has 6 heteroatoms. The van der Waals surface area contributed by atoms with Gasteiger partial charge in [0, 0.05) is 19.5 Å². The van der Waals surface area contributed by atoms with Crippen LogP contribution in [-0.4, -0.2) is 34.8 Å². The third-order valence-corrected chi connectivity index (χ3v) is 4.20. The topological polar surface area (TPSA) is 75.4 Å². The minimum atomic E-state index is -0.246. The highest BCUT2D eigenvalue weighted by Crippen LogP contribution is 2.26. The maximum Gasteiger partial charge on any atom is 0.273 e. The Kier molecular flexibility index (Phi) is 9.18. The Labute approximate surface area is 170 Å². The standard InChI is InChI=1S/C22H39N3O3/c1-15(2)11-23-21(27)18-14-28-19(24-18)13-25(12-16(3)4)20(26)9-17(5)10-22(6,7)8/h14-17H,9-13H2,1-8H3,(H,23,27). The number of rotatable bonds is 10. The average Bonchev–Trinajstić information content (AvgIpc) is 2.98. The van der Waals surface area contributed by atoms with E-state index in [1.807, 2.05) is 13.8 Å². The van der Waals surface area contributed by atoms with Crippen LogP contribution in [0.5, 0.6) is 0 Å². The van der Waals surface area contributed by atoms with Gasteiger partial charge in [0.1, 0.15) is 6.26 Å². The lowest BCUT2D eigenvalue weighted by molar-refractivity contribution is -0.133. The Morgan fingerprint density at radius 2 is 1.79 bits per heavy atom. The molecule has 0 aliphatic rings. The van der Waals surface area contributed by atoms with E-state index in [2.05, 4.69) is 51.8 Å². The Bertz CT molecular complexity index is 629.